The van der Waals surface area contributed by atoms with Crippen LogP contribution in [-0.2, 0) is 6.54 Å². The Morgan fingerprint density at radius 1 is 1.10 bits per heavy atom. The molecule has 0 amide bonds. The van der Waals surface area contributed by atoms with E-state index >= 15 is 0 Å². The van der Waals surface area contributed by atoms with Crippen LogP contribution in [0.1, 0.15) is 26.5 Å². The SMILES string of the molecule is CC(C)(C)NCc1ccc(Oc2ccccc2Br)nn1. The number of rotatable bonds is 4. The molecule has 4 nitrogen and oxygen atoms in total. The Balaban J connectivity index is 2.00. The van der Waals surface area contributed by atoms with Gasteiger partial charge in [0.2, 0.25) is 5.88 Å². The van der Waals surface area contributed by atoms with Crippen LogP contribution in [-0.4, -0.2) is 15.7 Å². The van der Waals surface area contributed by atoms with Gasteiger partial charge in [-0.1, -0.05) is 12.1 Å². The molecule has 5 heteroatoms. The largest absolute Gasteiger partial charge is 0.436 e. The number of para-hydroxylation sites is 1. The highest BCUT2D eigenvalue weighted by Gasteiger charge is 2.09. The lowest BCUT2D eigenvalue weighted by atomic mass is 10.1. The smallest absolute Gasteiger partial charge is 0.238 e. The van der Waals surface area contributed by atoms with Gasteiger partial charge < -0.3 is 10.1 Å². The zero-order valence-electron chi connectivity index (χ0n) is 11.9. The van der Waals surface area contributed by atoms with Gasteiger partial charge in [-0.25, -0.2) is 0 Å². The molecule has 0 aliphatic carbocycles. The second kappa shape index (κ2) is 6.33. The number of ether oxygens (including phenoxy) is 1. The predicted molar refractivity (Wildman–Crippen MR) is 82.8 cm³/mol. The predicted octanol–water partition coefficient (Wildman–Crippen LogP) is 3.92. The van der Waals surface area contributed by atoms with Crippen molar-refractivity contribution in [1.29, 1.82) is 0 Å². The Bertz CT molecular complexity index is 564. The summed E-state index contributed by atoms with van der Waals surface area (Å²) in [7, 11) is 0. The van der Waals surface area contributed by atoms with Crippen LogP contribution >= 0.6 is 15.9 Å². The molecular weight excluding hydrogens is 318 g/mol. The summed E-state index contributed by atoms with van der Waals surface area (Å²) >= 11 is 3.43. The van der Waals surface area contributed by atoms with Crippen molar-refractivity contribution < 1.29 is 4.74 Å². The topological polar surface area (TPSA) is 47.0 Å². The maximum absolute atomic E-state index is 5.67. The zero-order chi connectivity index (χ0) is 14.6. The fraction of sp³-hybridized carbons (Fsp3) is 0.333. The van der Waals surface area contributed by atoms with Crippen molar-refractivity contribution in [3.8, 4) is 11.6 Å². The molecule has 1 N–H and O–H groups in total. The highest BCUT2D eigenvalue weighted by molar-refractivity contribution is 9.10. The molecule has 0 unspecified atom stereocenters. The first-order valence-corrected chi connectivity index (χ1v) is 7.23. The lowest BCUT2D eigenvalue weighted by molar-refractivity contribution is 0.416. The van der Waals surface area contributed by atoms with E-state index in [2.05, 4.69) is 52.2 Å². The first kappa shape index (κ1) is 14.9. The molecule has 2 rings (SSSR count). The van der Waals surface area contributed by atoms with Crippen LogP contribution in [0.4, 0.5) is 0 Å². The molecule has 0 bridgehead atoms. The lowest BCUT2D eigenvalue weighted by Crippen LogP contribution is -2.35. The van der Waals surface area contributed by atoms with Crippen LogP contribution in [0.15, 0.2) is 40.9 Å². The van der Waals surface area contributed by atoms with Gasteiger partial charge in [0, 0.05) is 18.2 Å². The molecule has 0 saturated heterocycles. The summed E-state index contributed by atoms with van der Waals surface area (Å²) in [5, 5.41) is 11.6. The van der Waals surface area contributed by atoms with Crippen molar-refractivity contribution in [3.05, 3.63) is 46.6 Å². The minimum Gasteiger partial charge on any atom is -0.436 e. The van der Waals surface area contributed by atoms with Crippen molar-refractivity contribution in [3.63, 3.8) is 0 Å². The van der Waals surface area contributed by atoms with Gasteiger partial charge in [-0.2, -0.15) is 5.10 Å². The molecule has 0 saturated carbocycles. The van der Waals surface area contributed by atoms with Crippen LogP contribution < -0.4 is 10.1 Å². The maximum Gasteiger partial charge on any atom is 0.238 e. The van der Waals surface area contributed by atoms with Crippen molar-refractivity contribution in [1.82, 2.24) is 15.5 Å². The quantitative estimate of drug-likeness (QED) is 0.919. The third-order valence-electron chi connectivity index (χ3n) is 2.55. The van der Waals surface area contributed by atoms with Gasteiger partial charge in [-0.3, -0.25) is 0 Å². The summed E-state index contributed by atoms with van der Waals surface area (Å²) in [6.45, 7) is 7.03. The first-order chi connectivity index (χ1) is 9.44. The van der Waals surface area contributed by atoms with Crippen molar-refractivity contribution in [2.75, 3.05) is 0 Å². The number of hydrogen-bond donors (Lipinski definition) is 1. The molecule has 0 atom stereocenters. The van der Waals surface area contributed by atoms with Gasteiger partial charge in [0.25, 0.3) is 0 Å². The molecule has 2 aromatic rings. The van der Waals surface area contributed by atoms with E-state index in [1.807, 2.05) is 36.4 Å². The Kier molecular flexibility index (Phi) is 4.73. The number of nitrogens with zero attached hydrogens (tertiary/aromatic N) is 2. The lowest BCUT2D eigenvalue weighted by Gasteiger charge is -2.19. The Morgan fingerprint density at radius 3 is 2.45 bits per heavy atom. The molecule has 0 spiro atoms. The van der Waals surface area contributed by atoms with Crippen LogP contribution in [0.3, 0.4) is 0 Å². The van der Waals surface area contributed by atoms with E-state index in [0.29, 0.717) is 12.4 Å². The van der Waals surface area contributed by atoms with Crippen molar-refractivity contribution in [2.24, 2.45) is 0 Å². The second-order valence-electron chi connectivity index (χ2n) is 5.50. The monoisotopic (exact) mass is 335 g/mol. The van der Waals surface area contributed by atoms with Crippen LogP contribution in [0.5, 0.6) is 11.6 Å². The van der Waals surface area contributed by atoms with E-state index in [1.54, 1.807) is 0 Å². The Labute approximate surface area is 127 Å². The van der Waals surface area contributed by atoms with Crippen LogP contribution in [0.25, 0.3) is 0 Å². The fourth-order valence-electron chi connectivity index (χ4n) is 1.49. The first-order valence-electron chi connectivity index (χ1n) is 6.44. The summed E-state index contributed by atoms with van der Waals surface area (Å²) in [4.78, 5) is 0. The van der Waals surface area contributed by atoms with Gasteiger partial charge in [0.15, 0.2) is 0 Å². The number of benzene rings is 1. The van der Waals surface area contributed by atoms with Gasteiger partial charge in [-0.15, -0.1) is 5.10 Å². The Morgan fingerprint density at radius 2 is 1.85 bits per heavy atom. The zero-order valence-corrected chi connectivity index (χ0v) is 13.4. The minimum absolute atomic E-state index is 0.0613. The van der Waals surface area contributed by atoms with Gasteiger partial charge in [-0.05, 0) is 54.9 Å². The normalized spacial score (nSPS) is 11.4. The van der Waals surface area contributed by atoms with Gasteiger partial charge in [0.05, 0.1) is 10.2 Å². The highest BCUT2D eigenvalue weighted by atomic mass is 79.9. The summed E-state index contributed by atoms with van der Waals surface area (Å²) in [6, 6.07) is 11.4. The van der Waals surface area contributed by atoms with Crippen LogP contribution in [0.2, 0.25) is 0 Å². The van der Waals surface area contributed by atoms with E-state index in [-0.39, 0.29) is 5.54 Å². The molecular formula is C15H18BrN3O. The molecule has 20 heavy (non-hydrogen) atoms. The summed E-state index contributed by atoms with van der Waals surface area (Å²) < 4.78 is 6.56. The third-order valence-corrected chi connectivity index (χ3v) is 3.20. The molecule has 1 aromatic heterocycles. The average Bonchev–Trinajstić information content (AvgIpc) is 2.40. The highest BCUT2D eigenvalue weighted by Crippen LogP contribution is 2.27. The van der Waals surface area contributed by atoms with E-state index in [0.717, 1.165) is 15.9 Å². The van der Waals surface area contributed by atoms with Gasteiger partial charge >= 0.3 is 0 Å². The molecule has 106 valence electrons. The summed E-state index contributed by atoms with van der Waals surface area (Å²) in [5.41, 5.74) is 0.950. The molecule has 1 aromatic carbocycles. The number of nitrogens with one attached hydrogen (secondary N) is 1. The van der Waals surface area contributed by atoms with E-state index in [4.69, 9.17) is 4.74 Å². The number of aromatic nitrogens is 2. The van der Waals surface area contributed by atoms with E-state index in [9.17, 15) is 0 Å². The van der Waals surface area contributed by atoms with E-state index < -0.39 is 0 Å². The average molecular weight is 336 g/mol. The van der Waals surface area contributed by atoms with Crippen LogP contribution in [0, 0.1) is 0 Å². The van der Waals surface area contributed by atoms with E-state index in [1.165, 1.54) is 0 Å². The Hall–Kier alpha value is -1.46. The van der Waals surface area contributed by atoms with Crippen molar-refractivity contribution in [2.45, 2.75) is 32.9 Å². The molecule has 0 aliphatic heterocycles. The summed E-state index contributed by atoms with van der Waals surface area (Å²) in [6.07, 6.45) is 0. The third kappa shape index (κ3) is 4.58. The molecule has 0 aliphatic rings. The number of hydrogen-bond acceptors (Lipinski definition) is 4. The molecule has 0 fully saturated rings. The number of halogens is 1. The summed E-state index contributed by atoms with van der Waals surface area (Å²) in [5.74, 6) is 1.21. The standard InChI is InChI=1S/C15H18BrN3O/c1-15(2,3)17-10-11-8-9-14(19-18-11)20-13-7-5-4-6-12(13)16/h4-9,17H,10H2,1-3H3. The minimum atomic E-state index is 0.0613. The van der Waals surface area contributed by atoms with Crippen molar-refractivity contribution >= 4 is 15.9 Å². The van der Waals surface area contributed by atoms with Gasteiger partial charge in [0.1, 0.15) is 5.75 Å². The maximum atomic E-state index is 5.67. The molecule has 1 heterocycles. The fourth-order valence-corrected chi connectivity index (χ4v) is 1.86. The molecule has 0 radical (unpaired) electrons. The second-order valence-corrected chi connectivity index (χ2v) is 6.35.